The molecule has 1 aliphatic rings. The molecule has 3 N–H and O–H groups in total. The number of nitrogens with one attached hydrogen (secondary N) is 3. The summed E-state index contributed by atoms with van der Waals surface area (Å²) in [5.41, 5.74) is 1.76. The quantitative estimate of drug-likeness (QED) is 0.524. The van der Waals surface area contributed by atoms with Gasteiger partial charge in [-0.1, -0.05) is 23.2 Å². The summed E-state index contributed by atoms with van der Waals surface area (Å²) in [5.74, 6) is 2.56. The van der Waals surface area contributed by atoms with Gasteiger partial charge < -0.3 is 20.9 Å². The zero-order chi connectivity index (χ0) is 21.8. The number of anilines is 3. The van der Waals surface area contributed by atoms with Gasteiger partial charge in [0.2, 0.25) is 0 Å². The van der Waals surface area contributed by atoms with Crippen LogP contribution in [0.15, 0.2) is 18.2 Å². The zero-order valence-corrected chi connectivity index (χ0v) is 20.0. The smallest absolute Gasteiger partial charge is 0.171 e. The van der Waals surface area contributed by atoms with E-state index in [-0.39, 0.29) is 0 Å². The maximum atomic E-state index is 6.30. The van der Waals surface area contributed by atoms with Crippen molar-refractivity contribution in [2.24, 2.45) is 0 Å². The van der Waals surface area contributed by atoms with Gasteiger partial charge in [-0.2, -0.15) is 0 Å². The number of hydrogen-bond acceptors (Lipinski definition) is 5. The highest BCUT2D eigenvalue weighted by Gasteiger charge is 2.22. The Morgan fingerprint density at radius 3 is 2.33 bits per heavy atom. The fraction of sp³-hybridized carbons (Fsp3) is 0.476. The largest absolute Gasteiger partial charge is 0.367 e. The van der Waals surface area contributed by atoms with Crippen molar-refractivity contribution in [3.8, 4) is 0 Å². The molecule has 0 amide bonds. The average molecular weight is 467 g/mol. The Bertz CT molecular complexity index is 889. The number of thiocarbonyl (C=S) groups is 1. The molecule has 0 unspecified atom stereocenters. The van der Waals surface area contributed by atoms with Crippen LogP contribution in [0.4, 0.5) is 17.3 Å². The van der Waals surface area contributed by atoms with E-state index in [1.54, 1.807) is 6.07 Å². The second-order valence-corrected chi connectivity index (χ2v) is 9.18. The van der Waals surface area contributed by atoms with Gasteiger partial charge in [-0.25, -0.2) is 9.97 Å². The molecule has 0 spiro atoms. The number of aromatic nitrogens is 2. The summed E-state index contributed by atoms with van der Waals surface area (Å²) in [4.78, 5) is 11.0. The molecular formula is C21H28Cl2N6S. The molecule has 1 aliphatic carbocycles. The second kappa shape index (κ2) is 9.98. The zero-order valence-electron chi connectivity index (χ0n) is 17.7. The van der Waals surface area contributed by atoms with Crippen LogP contribution in [0, 0.1) is 13.8 Å². The first kappa shape index (κ1) is 22.8. The molecule has 1 fully saturated rings. The van der Waals surface area contributed by atoms with Gasteiger partial charge in [0.25, 0.3) is 0 Å². The van der Waals surface area contributed by atoms with Crippen molar-refractivity contribution in [1.29, 1.82) is 0 Å². The standard InChI is InChI=1S/C21H28Cl2N6S/c1-12-9-14(22)10-17(23)20(12)28-21(30)27-16-7-5-15(6-8-16)26-18-11-19(29(3)4)25-13(2)24-18/h9-11,15-16H,5-8H2,1-4H3,(H,24,25,26)(H2,27,28,30)/t15-,16+. The molecule has 162 valence electrons. The SMILES string of the molecule is Cc1nc(N[C@H]2CC[C@@H](NC(=S)Nc3c(C)cc(Cl)cc3Cl)CC2)cc(N(C)C)n1. The van der Waals surface area contributed by atoms with E-state index >= 15 is 0 Å². The van der Waals surface area contributed by atoms with Gasteiger partial charge in [-0.3, -0.25) is 0 Å². The van der Waals surface area contributed by atoms with Crippen LogP contribution in [-0.4, -0.2) is 41.3 Å². The number of nitrogens with zero attached hydrogens (tertiary/aromatic N) is 3. The van der Waals surface area contributed by atoms with Gasteiger partial charge in [0, 0.05) is 37.3 Å². The van der Waals surface area contributed by atoms with E-state index in [0.717, 1.165) is 54.4 Å². The highest BCUT2D eigenvalue weighted by molar-refractivity contribution is 7.80. The van der Waals surface area contributed by atoms with Gasteiger partial charge in [-0.05, 0) is 69.4 Å². The Morgan fingerprint density at radius 1 is 1.03 bits per heavy atom. The summed E-state index contributed by atoms with van der Waals surface area (Å²) in [5, 5.41) is 12.0. The van der Waals surface area contributed by atoms with Crippen LogP contribution in [0.5, 0.6) is 0 Å². The van der Waals surface area contributed by atoms with Crippen molar-refractivity contribution < 1.29 is 0 Å². The topological polar surface area (TPSA) is 65.1 Å². The van der Waals surface area contributed by atoms with E-state index in [1.165, 1.54) is 0 Å². The summed E-state index contributed by atoms with van der Waals surface area (Å²) >= 11 is 17.9. The van der Waals surface area contributed by atoms with Crippen molar-refractivity contribution in [3.63, 3.8) is 0 Å². The number of hydrogen-bond donors (Lipinski definition) is 3. The Kier molecular flexibility index (Phi) is 7.60. The summed E-state index contributed by atoms with van der Waals surface area (Å²) < 4.78 is 0. The minimum absolute atomic E-state index is 0.332. The van der Waals surface area contributed by atoms with Gasteiger partial charge >= 0.3 is 0 Å². The van der Waals surface area contributed by atoms with Crippen LogP contribution < -0.4 is 20.9 Å². The molecule has 1 saturated carbocycles. The minimum atomic E-state index is 0.332. The monoisotopic (exact) mass is 466 g/mol. The van der Waals surface area contributed by atoms with Crippen LogP contribution in [-0.2, 0) is 0 Å². The van der Waals surface area contributed by atoms with E-state index in [2.05, 4.69) is 25.9 Å². The molecule has 1 heterocycles. The highest BCUT2D eigenvalue weighted by Crippen LogP contribution is 2.30. The van der Waals surface area contributed by atoms with E-state index in [1.807, 2.05) is 45.0 Å². The lowest BCUT2D eigenvalue weighted by molar-refractivity contribution is 0.388. The Hall–Kier alpha value is -1.83. The molecule has 0 saturated heterocycles. The predicted octanol–water partition coefficient (Wildman–Crippen LogP) is 5.18. The molecule has 0 aliphatic heterocycles. The number of aryl methyl sites for hydroxylation is 2. The number of benzene rings is 1. The third-order valence-electron chi connectivity index (χ3n) is 5.19. The molecule has 0 radical (unpaired) electrons. The summed E-state index contributed by atoms with van der Waals surface area (Å²) in [6.07, 6.45) is 4.14. The van der Waals surface area contributed by atoms with E-state index in [4.69, 9.17) is 35.4 Å². The fourth-order valence-corrected chi connectivity index (χ4v) is 4.55. The highest BCUT2D eigenvalue weighted by atomic mass is 35.5. The van der Waals surface area contributed by atoms with E-state index in [9.17, 15) is 0 Å². The second-order valence-electron chi connectivity index (χ2n) is 7.92. The Labute approximate surface area is 193 Å². The third kappa shape index (κ3) is 6.09. The maximum absolute atomic E-state index is 6.30. The lowest BCUT2D eigenvalue weighted by atomic mass is 9.91. The van der Waals surface area contributed by atoms with Crippen LogP contribution in [0.1, 0.15) is 37.1 Å². The molecule has 1 aromatic heterocycles. The molecule has 0 bridgehead atoms. The molecular weight excluding hydrogens is 439 g/mol. The van der Waals surface area contributed by atoms with E-state index in [0.29, 0.717) is 27.2 Å². The van der Waals surface area contributed by atoms with Crippen LogP contribution in [0.25, 0.3) is 0 Å². The van der Waals surface area contributed by atoms with E-state index < -0.39 is 0 Å². The van der Waals surface area contributed by atoms with Crippen molar-refractivity contribution in [2.75, 3.05) is 29.6 Å². The lowest BCUT2D eigenvalue weighted by Crippen LogP contribution is -2.42. The molecule has 1 aromatic carbocycles. The lowest BCUT2D eigenvalue weighted by Gasteiger charge is -2.31. The first-order valence-corrected chi connectivity index (χ1v) is 11.2. The molecule has 0 atom stereocenters. The summed E-state index contributed by atoms with van der Waals surface area (Å²) in [6.45, 7) is 3.87. The molecule has 9 heteroatoms. The summed E-state index contributed by atoms with van der Waals surface area (Å²) in [7, 11) is 3.97. The molecule has 6 nitrogen and oxygen atoms in total. The molecule has 30 heavy (non-hydrogen) atoms. The Balaban J connectivity index is 1.51. The third-order valence-corrected chi connectivity index (χ3v) is 5.92. The fourth-order valence-electron chi connectivity index (χ4n) is 3.64. The first-order chi connectivity index (χ1) is 14.2. The van der Waals surface area contributed by atoms with Crippen molar-refractivity contribution >= 4 is 57.9 Å². The predicted molar refractivity (Wildman–Crippen MR) is 131 cm³/mol. The van der Waals surface area contributed by atoms with Crippen molar-refractivity contribution in [2.45, 2.75) is 51.6 Å². The number of rotatable bonds is 5. The van der Waals surface area contributed by atoms with Gasteiger partial charge in [0.15, 0.2) is 5.11 Å². The van der Waals surface area contributed by atoms with Crippen LogP contribution in [0.2, 0.25) is 10.0 Å². The first-order valence-electron chi connectivity index (χ1n) is 10.0. The maximum Gasteiger partial charge on any atom is 0.171 e. The molecule has 3 rings (SSSR count). The molecule has 2 aromatic rings. The average Bonchev–Trinajstić information content (AvgIpc) is 2.66. The normalized spacial score (nSPS) is 18.6. The minimum Gasteiger partial charge on any atom is -0.367 e. The van der Waals surface area contributed by atoms with Gasteiger partial charge in [0.05, 0.1) is 10.7 Å². The van der Waals surface area contributed by atoms with Crippen molar-refractivity contribution in [1.82, 2.24) is 15.3 Å². The Morgan fingerprint density at radius 2 is 1.70 bits per heavy atom. The number of halogens is 2. The summed E-state index contributed by atoms with van der Waals surface area (Å²) in [6, 6.07) is 6.30. The van der Waals surface area contributed by atoms with Gasteiger partial charge in [-0.15, -0.1) is 0 Å². The van der Waals surface area contributed by atoms with Crippen LogP contribution in [0.3, 0.4) is 0 Å². The van der Waals surface area contributed by atoms with Crippen molar-refractivity contribution in [3.05, 3.63) is 39.6 Å². The van der Waals surface area contributed by atoms with Gasteiger partial charge in [0.1, 0.15) is 17.5 Å². The van der Waals surface area contributed by atoms with Crippen LogP contribution >= 0.6 is 35.4 Å².